The fourth-order valence-corrected chi connectivity index (χ4v) is 2.63. The highest BCUT2D eigenvalue weighted by Crippen LogP contribution is 2.14. The van der Waals surface area contributed by atoms with Crippen LogP contribution in [-0.4, -0.2) is 51.1 Å². The largest absolute Gasteiger partial charge is 0.508 e. The SMILES string of the molecule is Oc1cccc(CN2CCN(Cc3cnc[nH]3)CC2)c1. The molecule has 5 nitrogen and oxygen atoms in total. The summed E-state index contributed by atoms with van der Waals surface area (Å²) < 4.78 is 0. The maximum absolute atomic E-state index is 9.49. The van der Waals surface area contributed by atoms with Crippen molar-refractivity contribution in [3.05, 3.63) is 48.0 Å². The zero-order valence-corrected chi connectivity index (χ0v) is 11.5. The number of nitrogens with one attached hydrogen (secondary N) is 1. The molecule has 106 valence electrons. The Hall–Kier alpha value is -1.85. The second-order valence-electron chi connectivity index (χ2n) is 5.30. The normalized spacial score (nSPS) is 17.4. The van der Waals surface area contributed by atoms with Crippen LogP contribution >= 0.6 is 0 Å². The average molecular weight is 272 g/mol. The van der Waals surface area contributed by atoms with Crippen molar-refractivity contribution in [3.8, 4) is 5.75 Å². The molecule has 2 heterocycles. The van der Waals surface area contributed by atoms with E-state index in [2.05, 4.69) is 25.8 Å². The standard InChI is InChI=1S/C15H20N4O/c20-15-3-1-2-13(8-15)10-18-4-6-19(7-5-18)11-14-9-16-12-17-14/h1-3,8-9,12,20H,4-7,10-11H2,(H,16,17). The predicted molar refractivity (Wildman–Crippen MR) is 77.2 cm³/mol. The fraction of sp³-hybridized carbons (Fsp3) is 0.400. The summed E-state index contributed by atoms with van der Waals surface area (Å²) in [4.78, 5) is 12.1. The maximum atomic E-state index is 9.49. The highest BCUT2D eigenvalue weighted by molar-refractivity contribution is 5.27. The van der Waals surface area contributed by atoms with Crippen LogP contribution in [0.4, 0.5) is 0 Å². The molecule has 2 N–H and O–H groups in total. The molecule has 1 saturated heterocycles. The van der Waals surface area contributed by atoms with E-state index in [0.29, 0.717) is 5.75 Å². The number of aromatic nitrogens is 2. The molecule has 20 heavy (non-hydrogen) atoms. The van der Waals surface area contributed by atoms with E-state index in [9.17, 15) is 5.11 Å². The first-order valence-corrected chi connectivity index (χ1v) is 6.99. The van der Waals surface area contributed by atoms with Gasteiger partial charge < -0.3 is 10.1 Å². The summed E-state index contributed by atoms with van der Waals surface area (Å²) >= 11 is 0. The zero-order valence-electron chi connectivity index (χ0n) is 11.5. The number of benzene rings is 1. The van der Waals surface area contributed by atoms with Crippen LogP contribution < -0.4 is 0 Å². The van der Waals surface area contributed by atoms with Crippen LogP contribution in [0.1, 0.15) is 11.3 Å². The van der Waals surface area contributed by atoms with Crippen LogP contribution in [0.5, 0.6) is 5.75 Å². The third-order valence-corrected chi connectivity index (χ3v) is 3.73. The van der Waals surface area contributed by atoms with Gasteiger partial charge in [0.2, 0.25) is 0 Å². The Morgan fingerprint density at radius 2 is 1.85 bits per heavy atom. The van der Waals surface area contributed by atoms with Crippen molar-refractivity contribution in [2.75, 3.05) is 26.2 Å². The van der Waals surface area contributed by atoms with Crippen LogP contribution in [0.2, 0.25) is 0 Å². The second kappa shape index (κ2) is 6.07. The number of imidazole rings is 1. The third-order valence-electron chi connectivity index (χ3n) is 3.73. The van der Waals surface area contributed by atoms with Gasteiger partial charge in [-0.15, -0.1) is 0 Å². The summed E-state index contributed by atoms with van der Waals surface area (Å²) in [7, 11) is 0. The molecular weight excluding hydrogens is 252 g/mol. The van der Waals surface area contributed by atoms with Gasteiger partial charge in [0.15, 0.2) is 0 Å². The van der Waals surface area contributed by atoms with E-state index in [0.717, 1.165) is 39.3 Å². The number of aromatic hydroxyl groups is 1. The van der Waals surface area contributed by atoms with Gasteiger partial charge in [0.05, 0.1) is 6.33 Å². The van der Waals surface area contributed by atoms with Crippen molar-refractivity contribution in [1.29, 1.82) is 0 Å². The van der Waals surface area contributed by atoms with E-state index >= 15 is 0 Å². The summed E-state index contributed by atoms with van der Waals surface area (Å²) in [5.74, 6) is 0.348. The first kappa shape index (κ1) is 13.1. The summed E-state index contributed by atoms with van der Waals surface area (Å²) in [6, 6.07) is 7.53. The predicted octanol–water partition coefficient (Wildman–Crippen LogP) is 1.43. The summed E-state index contributed by atoms with van der Waals surface area (Å²) in [6.45, 7) is 6.11. The van der Waals surface area contributed by atoms with E-state index in [1.54, 1.807) is 12.4 Å². The number of hydrogen-bond acceptors (Lipinski definition) is 4. The van der Waals surface area contributed by atoms with Crippen LogP contribution in [0, 0.1) is 0 Å². The summed E-state index contributed by atoms with van der Waals surface area (Å²) in [5.41, 5.74) is 2.35. The molecule has 1 fully saturated rings. The van der Waals surface area contributed by atoms with Crippen molar-refractivity contribution in [1.82, 2.24) is 19.8 Å². The number of phenolic OH excluding ortho intramolecular Hbond substituents is 1. The number of rotatable bonds is 4. The Kier molecular flexibility index (Phi) is 3.99. The van der Waals surface area contributed by atoms with E-state index in [-0.39, 0.29) is 0 Å². The molecule has 3 rings (SSSR count). The fourth-order valence-electron chi connectivity index (χ4n) is 2.63. The van der Waals surface area contributed by atoms with Crippen molar-refractivity contribution >= 4 is 0 Å². The quantitative estimate of drug-likeness (QED) is 0.884. The molecule has 5 heteroatoms. The van der Waals surface area contributed by atoms with Gasteiger partial charge in [-0.05, 0) is 17.7 Å². The van der Waals surface area contributed by atoms with E-state index in [4.69, 9.17) is 0 Å². The molecule has 1 aromatic carbocycles. The highest BCUT2D eigenvalue weighted by atomic mass is 16.3. The lowest BCUT2D eigenvalue weighted by atomic mass is 10.2. The van der Waals surface area contributed by atoms with E-state index in [1.807, 2.05) is 18.3 Å². The van der Waals surface area contributed by atoms with Crippen LogP contribution in [0.25, 0.3) is 0 Å². The smallest absolute Gasteiger partial charge is 0.115 e. The van der Waals surface area contributed by atoms with Gasteiger partial charge in [0.1, 0.15) is 5.75 Å². The van der Waals surface area contributed by atoms with Crippen LogP contribution in [0.3, 0.4) is 0 Å². The van der Waals surface area contributed by atoms with E-state index in [1.165, 1.54) is 11.3 Å². The molecule has 1 aliphatic heterocycles. The molecule has 0 bridgehead atoms. The number of hydrogen-bond donors (Lipinski definition) is 2. The molecular formula is C15H20N4O. The minimum atomic E-state index is 0.348. The molecule has 0 unspecified atom stereocenters. The lowest BCUT2D eigenvalue weighted by Crippen LogP contribution is -2.45. The number of aromatic amines is 1. The topological polar surface area (TPSA) is 55.4 Å². The molecule has 0 radical (unpaired) electrons. The Labute approximate surface area is 118 Å². The van der Waals surface area contributed by atoms with Crippen molar-refractivity contribution in [2.45, 2.75) is 13.1 Å². The molecule has 0 atom stereocenters. The van der Waals surface area contributed by atoms with E-state index < -0.39 is 0 Å². The second-order valence-corrected chi connectivity index (χ2v) is 5.30. The molecule has 2 aromatic rings. The monoisotopic (exact) mass is 272 g/mol. The van der Waals surface area contributed by atoms with Gasteiger partial charge in [0.25, 0.3) is 0 Å². The van der Waals surface area contributed by atoms with Gasteiger partial charge in [-0.3, -0.25) is 9.80 Å². The lowest BCUT2D eigenvalue weighted by Gasteiger charge is -2.34. The Balaban J connectivity index is 1.48. The van der Waals surface area contributed by atoms with Crippen LogP contribution in [0.15, 0.2) is 36.8 Å². The number of H-pyrrole nitrogens is 1. The lowest BCUT2D eigenvalue weighted by molar-refractivity contribution is 0.121. The average Bonchev–Trinajstić information content (AvgIpc) is 2.94. The molecule has 0 amide bonds. The summed E-state index contributed by atoms with van der Waals surface area (Å²) in [5, 5.41) is 9.49. The molecule has 0 aliphatic carbocycles. The molecule has 0 saturated carbocycles. The first-order valence-electron chi connectivity index (χ1n) is 6.99. The zero-order chi connectivity index (χ0) is 13.8. The number of phenols is 1. The minimum Gasteiger partial charge on any atom is -0.508 e. The van der Waals surface area contributed by atoms with Crippen molar-refractivity contribution in [3.63, 3.8) is 0 Å². The molecule has 1 aromatic heterocycles. The number of nitrogens with zero attached hydrogens (tertiary/aromatic N) is 3. The van der Waals surface area contributed by atoms with Gasteiger partial charge in [-0.1, -0.05) is 12.1 Å². The van der Waals surface area contributed by atoms with Gasteiger partial charge in [-0.25, -0.2) is 4.98 Å². The van der Waals surface area contributed by atoms with Crippen molar-refractivity contribution in [2.24, 2.45) is 0 Å². The minimum absolute atomic E-state index is 0.348. The Morgan fingerprint density at radius 3 is 2.50 bits per heavy atom. The third kappa shape index (κ3) is 3.37. The first-order chi connectivity index (χ1) is 9.79. The molecule has 1 aliphatic rings. The number of piperazine rings is 1. The van der Waals surface area contributed by atoms with Gasteiger partial charge in [0, 0.05) is 51.2 Å². The van der Waals surface area contributed by atoms with Gasteiger partial charge >= 0.3 is 0 Å². The summed E-state index contributed by atoms with van der Waals surface area (Å²) in [6.07, 6.45) is 3.62. The van der Waals surface area contributed by atoms with Gasteiger partial charge in [-0.2, -0.15) is 0 Å². The van der Waals surface area contributed by atoms with Crippen LogP contribution in [-0.2, 0) is 13.1 Å². The maximum Gasteiger partial charge on any atom is 0.115 e. The molecule has 0 spiro atoms. The highest BCUT2D eigenvalue weighted by Gasteiger charge is 2.17. The Morgan fingerprint density at radius 1 is 1.10 bits per heavy atom. The Bertz CT molecular complexity index is 533. The van der Waals surface area contributed by atoms with Crippen molar-refractivity contribution < 1.29 is 5.11 Å².